The molecule has 0 saturated carbocycles. The number of hydrogen-bond acceptors (Lipinski definition) is 5. The molecule has 7 nitrogen and oxygen atoms in total. The summed E-state index contributed by atoms with van der Waals surface area (Å²) in [6.45, 7) is 2.03. The number of aliphatic hydroxyl groups excluding tert-OH is 1. The van der Waals surface area contributed by atoms with Gasteiger partial charge in [0.2, 0.25) is 11.8 Å². The van der Waals surface area contributed by atoms with Gasteiger partial charge in [-0.05, 0) is 6.07 Å². The van der Waals surface area contributed by atoms with Gasteiger partial charge in [-0.2, -0.15) is 0 Å². The molecule has 2 heterocycles. The van der Waals surface area contributed by atoms with Crippen molar-refractivity contribution in [3.8, 4) is 0 Å². The van der Waals surface area contributed by atoms with Crippen LogP contribution in [0.4, 0.5) is 0 Å². The van der Waals surface area contributed by atoms with Crippen LogP contribution in [-0.2, 0) is 16.1 Å². The van der Waals surface area contributed by atoms with E-state index in [9.17, 15) is 9.59 Å². The topological polar surface area (TPSA) is 86.0 Å². The summed E-state index contributed by atoms with van der Waals surface area (Å²) in [5, 5.41) is 11.7. The summed E-state index contributed by atoms with van der Waals surface area (Å²) in [5.74, 6) is -0.279. The van der Waals surface area contributed by atoms with E-state index < -0.39 is 6.04 Å². The van der Waals surface area contributed by atoms with Gasteiger partial charge >= 0.3 is 0 Å². The van der Waals surface area contributed by atoms with Gasteiger partial charge < -0.3 is 19.7 Å². The Morgan fingerprint density at radius 3 is 3.10 bits per heavy atom. The van der Waals surface area contributed by atoms with Crippen LogP contribution in [0.15, 0.2) is 23.0 Å². The molecule has 1 saturated heterocycles. The standard InChI is InChI=1S/C14H21N3O4/c1-16(5-6-18)13(19)8-12-14(20)15-3-4-17(12)9-11-2-7-21-10-11/h2,7,10,12,18H,3-6,8-9H2,1H3,(H,15,20)/t12-/m1/s1. The number of carbonyl (C=O) groups excluding carboxylic acids is 2. The van der Waals surface area contributed by atoms with Gasteiger partial charge in [-0.25, -0.2) is 0 Å². The molecule has 1 atom stereocenters. The highest BCUT2D eigenvalue weighted by atomic mass is 16.3. The molecule has 2 N–H and O–H groups in total. The van der Waals surface area contributed by atoms with Crippen LogP contribution < -0.4 is 5.32 Å². The Labute approximate surface area is 123 Å². The fourth-order valence-electron chi connectivity index (χ4n) is 2.39. The molecule has 0 radical (unpaired) electrons. The van der Waals surface area contributed by atoms with Gasteiger partial charge in [0.25, 0.3) is 0 Å². The zero-order valence-electron chi connectivity index (χ0n) is 12.1. The smallest absolute Gasteiger partial charge is 0.237 e. The highest BCUT2D eigenvalue weighted by molar-refractivity contribution is 5.88. The summed E-state index contributed by atoms with van der Waals surface area (Å²) >= 11 is 0. The minimum absolute atomic E-state index is 0.0855. The second-order valence-corrected chi connectivity index (χ2v) is 5.15. The molecular formula is C14H21N3O4. The predicted molar refractivity (Wildman–Crippen MR) is 75.3 cm³/mol. The van der Waals surface area contributed by atoms with Gasteiger partial charge in [-0.3, -0.25) is 14.5 Å². The van der Waals surface area contributed by atoms with Crippen molar-refractivity contribution in [1.82, 2.24) is 15.1 Å². The summed E-state index contributed by atoms with van der Waals surface area (Å²) in [4.78, 5) is 27.6. The Bertz CT molecular complexity index is 475. The van der Waals surface area contributed by atoms with Gasteiger partial charge in [0, 0.05) is 38.8 Å². The minimum atomic E-state index is -0.484. The number of amides is 2. The maximum absolute atomic E-state index is 12.1. The Hall–Kier alpha value is -1.86. The first-order chi connectivity index (χ1) is 10.1. The fourth-order valence-corrected chi connectivity index (χ4v) is 2.39. The van der Waals surface area contributed by atoms with E-state index in [1.54, 1.807) is 19.6 Å². The first-order valence-corrected chi connectivity index (χ1v) is 6.99. The molecule has 1 aromatic heterocycles. The van der Waals surface area contributed by atoms with Crippen molar-refractivity contribution < 1.29 is 19.1 Å². The number of rotatable bonds is 6. The quantitative estimate of drug-likeness (QED) is 0.733. The van der Waals surface area contributed by atoms with Crippen LogP contribution in [0.2, 0.25) is 0 Å². The lowest BCUT2D eigenvalue weighted by Gasteiger charge is -2.35. The molecule has 0 spiro atoms. The minimum Gasteiger partial charge on any atom is -0.472 e. The van der Waals surface area contributed by atoms with Crippen LogP contribution in [0.5, 0.6) is 0 Å². The molecular weight excluding hydrogens is 274 g/mol. The van der Waals surface area contributed by atoms with Crippen molar-refractivity contribution >= 4 is 11.8 Å². The van der Waals surface area contributed by atoms with Gasteiger partial charge in [-0.15, -0.1) is 0 Å². The zero-order valence-corrected chi connectivity index (χ0v) is 12.1. The SMILES string of the molecule is CN(CCO)C(=O)C[C@@H]1C(=O)NCCN1Cc1ccoc1. The molecule has 21 heavy (non-hydrogen) atoms. The van der Waals surface area contributed by atoms with E-state index in [0.717, 1.165) is 5.56 Å². The third-order valence-electron chi connectivity index (χ3n) is 3.64. The lowest BCUT2D eigenvalue weighted by atomic mass is 10.1. The summed E-state index contributed by atoms with van der Waals surface area (Å²) in [6.07, 6.45) is 3.35. The summed E-state index contributed by atoms with van der Waals surface area (Å²) in [6, 6.07) is 1.37. The third-order valence-corrected chi connectivity index (χ3v) is 3.64. The van der Waals surface area contributed by atoms with Crippen molar-refractivity contribution in [2.24, 2.45) is 0 Å². The van der Waals surface area contributed by atoms with Gasteiger partial charge in [-0.1, -0.05) is 0 Å². The molecule has 0 unspecified atom stereocenters. The molecule has 2 amide bonds. The molecule has 1 aliphatic rings. The number of piperazine rings is 1. The van der Waals surface area contributed by atoms with Crippen LogP contribution in [0, 0.1) is 0 Å². The zero-order chi connectivity index (χ0) is 15.2. The van der Waals surface area contributed by atoms with Crippen LogP contribution in [0.1, 0.15) is 12.0 Å². The average molecular weight is 295 g/mol. The van der Waals surface area contributed by atoms with E-state index in [1.165, 1.54) is 4.90 Å². The second-order valence-electron chi connectivity index (χ2n) is 5.15. The summed E-state index contributed by atoms with van der Waals surface area (Å²) < 4.78 is 5.04. The van der Waals surface area contributed by atoms with E-state index in [2.05, 4.69) is 5.32 Å². The first kappa shape index (κ1) is 15.5. The maximum atomic E-state index is 12.1. The number of furan rings is 1. The molecule has 1 aromatic rings. The van der Waals surface area contributed by atoms with Crippen LogP contribution in [0.25, 0.3) is 0 Å². The Morgan fingerprint density at radius 2 is 2.43 bits per heavy atom. The van der Waals surface area contributed by atoms with E-state index in [0.29, 0.717) is 19.6 Å². The highest BCUT2D eigenvalue weighted by Crippen LogP contribution is 2.15. The lowest BCUT2D eigenvalue weighted by Crippen LogP contribution is -2.56. The number of carbonyl (C=O) groups is 2. The van der Waals surface area contributed by atoms with E-state index >= 15 is 0 Å². The monoisotopic (exact) mass is 295 g/mol. The third kappa shape index (κ3) is 4.05. The molecule has 2 rings (SSSR count). The molecule has 116 valence electrons. The molecule has 0 bridgehead atoms. The van der Waals surface area contributed by atoms with E-state index in [4.69, 9.17) is 9.52 Å². The molecule has 0 aromatic carbocycles. The average Bonchev–Trinajstić information content (AvgIpc) is 2.95. The molecule has 1 fully saturated rings. The van der Waals surface area contributed by atoms with E-state index in [1.807, 2.05) is 11.0 Å². The summed E-state index contributed by atoms with van der Waals surface area (Å²) in [5.41, 5.74) is 0.978. The Morgan fingerprint density at radius 1 is 1.62 bits per heavy atom. The normalized spacial score (nSPS) is 19.3. The molecule has 0 aliphatic carbocycles. The molecule has 1 aliphatic heterocycles. The van der Waals surface area contributed by atoms with Crippen LogP contribution >= 0.6 is 0 Å². The highest BCUT2D eigenvalue weighted by Gasteiger charge is 2.32. The van der Waals surface area contributed by atoms with Crippen LogP contribution in [0.3, 0.4) is 0 Å². The number of nitrogens with one attached hydrogen (secondary N) is 1. The maximum Gasteiger partial charge on any atom is 0.237 e. The van der Waals surface area contributed by atoms with Gasteiger partial charge in [0.1, 0.15) is 0 Å². The van der Waals surface area contributed by atoms with E-state index in [-0.39, 0.29) is 31.4 Å². The number of nitrogens with zero attached hydrogens (tertiary/aromatic N) is 2. The first-order valence-electron chi connectivity index (χ1n) is 6.99. The number of aliphatic hydroxyl groups is 1. The van der Waals surface area contributed by atoms with Gasteiger partial charge in [0.05, 0.1) is 31.6 Å². The van der Waals surface area contributed by atoms with Gasteiger partial charge in [0.15, 0.2) is 0 Å². The Balaban J connectivity index is 2.01. The number of hydrogen-bond donors (Lipinski definition) is 2. The van der Waals surface area contributed by atoms with Crippen LogP contribution in [-0.4, -0.2) is 66.1 Å². The lowest BCUT2D eigenvalue weighted by molar-refractivity contribution is -0.138. The number of likely N-dealkylation sites (N-methyl/N-ethyl adjacent to an activating group) is 1. The second kappa shape index (κ2) is 7.24. The fraction of sp³-hybridized carbons (Fsp3) is 0.571. The predicted octanol–water partition coefficient (Wildman–Crippen LogP) is -0.579. The van der Waals surface area contributed by atoms with Crippen molar-refractivity contribution in [2.75, 3.05) is 33.3 Å². The largest absolute Gasteiger partial charge is 0.472 e. The molecule has 7 heteroatoms. The van der Waals surface area contributed by atoms with Crippen molar-refractivity contribution in [1.29, 1.82) is 0 Å². The van der Waals surface area contributed by atoms with Crippen molar-refractivity contribution in [2.45, 2.75) is 19.0 Å². The summed E-state index contributed by atoms with van der Waals surface area (Å²) in [7, 11) is 1.62. The van der Waals surface area contributed by atoms with Crippen molar-refractivity contribution in [3.05, 3.63) is 24.2 Å². The van der Waals surface area contributed by atoms with Crippen molar-refractivity contribution in [3.63, 3.8) is 0 Å². The Kier molecular flexibility index (Phi) is 5.35.